The molecule has 0 aromatic rings. The van der Waals surface area contributed by atoms with E-state index in [2.05, 4.69) is 32.1 Å². The van der Waals surface area contributed by atoms with Gasteiger partial charge in [0.1, 0.15) is 0 Å². The third kappa shape index (κ3) is 1.93. The SMILES string of the molecule is COC(=O)C1CC2C=CC1C2=CCC(C)C. The topological polar surface area (TPSA) is 26.3 Å². The third-order valence-corrected chi connectivity index (χ3v) is 3.63. The van der Waals surface area contributed by atoms with Crippen LogP contribution in [-0.2, 0) is 9.53 Å². The second kappa shape index (κ2) is 4.44. The molecule has 2 aliphatic rings. The van der Waals surface area contributed by atoms with Crippen molar-refractivity contribution in [3.05, 3.63) is 23.8 Å². The van der Waals surface area contributed by atoms with E-state index in [4.69, 9.17) is 4.74 Å². The summed E-state index contributed by atoms with van der Waals surface area (Å²) >= 11 is 0. The highest BCUT2D eigenvalue weighted by Gasteiger charge is 2.44. The summed E-state index contributed by atoms with van der Waals surface area (Å²) in [5, 5.41) is 0. The molecule has 3 unspecified atom stereocenters. The average molecular weight is 220 g/mol. The second-order valence-corrected chi connectivity index (χ2v) is 5.22. The Morgan fingerprint density at radius 3 is 2.94 bits per heavy atom. The maximum atomic E-state index is 11.6. The van der Waals surface area contributed by atoms with Crippen LogP contribution < -0.4 is 0 Å². The van der Waals surface area contributed by atoms with Gasteiger partial charge in [0.25, 0.3) is 0 Å². The minimum absolute atomic E-state index is 0.0488. The summed E-state index contributed by atoms with van der Waals surface area (Å²) < 4.78 is 4.86. The van der Waals surface area contributed by atoms with Gasteiger partial charge in [0.05, 0.1) is 13.0 Å². The summed E-state index contributed by atoms with van der Waals surface area (Å²) in [7, 11) is 1.48. The zero-order chi connectivity index (χ0) is 11.7. The molecule has 2 bridgehead atoms. The molecule has 0 aromatic carbocycles. The second-order valence-electron chi connectivity index (χ2n) is 5.22. The Balaban J connectivity index is 2.10. The van der Waals surface area contributed by atoms with Gasteiger partial charge in [-0.05, 0) is 24.7 Å². The van der Waals surface area contributed by atoms with Crippen molar-refractivity contribution in [1.82, 2.24) is 0 Å². The smallest absolute Gasteiger partial charge is 0.309 e. The summed E-state index contributed by atoms with van der Waals surface area (Å²) in [6.45, 7) is 4.44. The normalized spacial score (nSPS) is 34.0. The Kier molecular flexibility index (Phi) is 3.17. The predicted molar refractivity (Wildman–Crippen MR) is 63.8 cm³/mol. The van der Waals surface area contributed by atoms with Crippen molar-refractivity contribution in [3.8, 4) is 0 Å². The highest BCUT2D eigenvalue weighted by molar-refractivity contribution is 5.75. The highest BCUT2D eigenvalue weighted by Crippen LogP contribution is 2.48. The van der Waals surface area contributed by atoms with Gasteiger partial charge in [-0.15, -0.1) is 0 Å². The number of hydrogen-bond acceptors (Lipinski definition) is 2. The predicted octanol–water partition coefficient (Wildman–Crippen LogP) is 2.95. The number of allylic oxidation sites excluding steroid dienone is 4. The van der Waals surface area contributed by atoms with Crippen LogP contribution in [0.1, 0.15) is 26.7 Å². The fraction of sp³-hybridized carbons (Fsp3) is 0.643. The van der Waals surface area contributed by atoms with Gasteiger partial charge in [-0.2, -0.15) is 0 Å². The standard InChI is InChI=1S/C14H20O2/c1-9(2)4-6-11-10-5-7-12(11)13(8-10)14(15)16-3/h5-7,9-10,12-13H,4,8H2,1-3H3. The fourth-order valence-corrected chi connectivity index (χ4v) is 2.78. The van der Waals surface area contributed by atoms with Crippen LogP contribution in [0.4, 0.5) is 0 Å². The molecule has 2 rings (SSSR count). The molecule has 2 aliphatic carbocycles. The number of carbonyl (C=O) groups is 1. The molecule has 3 atom stereocenters. The highest BCUT2D eigenvalue weighted by atomic mass is 16.5. The third-order valence-electron chi connectivity index (χ3n) is 3.63. The molecule has 2 heteroatoms. The first-order valence-electron chi connectivity index (χ1n) is 6.09. The van der Waals surface area contributed by atoms with Gasteiger partial charge >= 0.3 is 5.97 Å². The summed E-state index contributed by atoms with van der Waals surface area (Å²) in [5.74, 6) is 1.51. The molecule has 0 amide bonds. The van der Waals surface area contributed by atoms with Gasteiger partial charge in [-0.1, -0.05) is 37.6 Å². The van der Waals surface area contributed by atoms with Crippen LogP contribution >= 0.6 is 0 Å². The number of ether oxygens (including phenoxy) is 1. The largest absolute Gasteiger partial charge is 0.469 e. The van der Waals surface area contributed by atoms with Gasteiger partial charge in [0.15, 0.2) is 0 Å². The Labute approximate surface area is 97.4 Å². The van der Waals surface area contributed by atoms with Gasteiger partial charge < -0.3 is 4.74 Å². The van der Waals surface area contributed by atoms with E-state index in [9.17, 15) is 4.79 Å². The molecule has 0 saturated heterocycles. The van der Waals surface area contributed by atoms with E-state index in [0.29, 0.717) is 17.8 Å². The van der Waals surface area contributed by atoms with Crippen LogP contribution in [0, 0.1) is 23.7 Å². The first kappa shape index (κ1) is 11.4. The van der Waals surface area contributed by atoms with E-state index in [1.807, 2.05) is 0 Å². The maximum absolute atomic E-state index is 11.6. The quantitative estimate of drug-likeness (QED) is 0.540. The van der Waals surface area contributed by atoms with E-state index < -0.39 is 0 Å². The number of rotatable bonds is 3. The molecule has 0 spiro atoms. The average Bonchev–Trinajstić information content (AvgIpc) is 2.81. The first-order valence-corrected chi connectivity index (χ1v) is 6.09. The Bertz CT molecular complexity index is 339. The molecule has 16 heavy (non-hydrogen) atoms. The molecule has 2 nitrogen and oxygen atoms in total. The zero-order valence-electron chi connectivity index (χ0n) is 10.3. The Hall–Kier alpha value is -1.05. The molecule has 0 heterocycles. The molecule has 0 aromatic heterocycles. The van der Waals surface area contributed by atoms with Crippen molar-refractivity contribution in [1.29, 1.82) is 0 Å². The molecule has 0 radical (unpaired) electrons. The summed E-state index contributed by atoms with van der Waals surface area (Å²) in [6, 6.07) is 0. The Morgan fingerprint density at radius 1 is 1.56 bits per heavy atom. The van der Waals surface area contributed by atoms with E-state index >= 15 is 0 Å². The monoisotopic (exact) mass is 220 g/mol. The summed E-state index contributed by atoms with van der Waals surface area (Å²) in [6.07, 6.45) is 8.82. The van der Waals surface area contributed by atoms with Crippen molar-refractivity contribution in [2.75, 3.05) is 7.11 Å². The number of esters is 1. The van der Waals surface area contributed by atoms with Crippen LogP contribution in [0.25, 0.3) is 0 Å². The summed E-state index contributed by atoms with van der Waals surface area (Å²) in [4.78, 5) is 11.6. The lowest BCUT2D eigenvalue weighted by atomic mass is 9.93. The van der Waals surface area contributed by atoms with Crippen LogP contribution in [0.2, 0.25) is 0 Å². The van der Waals surface area contributed by atoms with Gasteiger partial charge in [-0.3, -0.25) is 4.79 Å². The molecule has 1 fully saturated rings. The van der Waals surface area contributed by atoms with Gasteiger partial charge in [-0.25, -0.2) is 0 Å². The van der Waals surface area contributed by atoms with Crippen molar-refractivity contribution in [2.45, 2.75) is 26.7 Å². The number of hydrogen-bond donors (Lipinski definition) is 0. The van der Waals surface area contributed by atoms with Crippen molar-refractivity contribution >= 4 is 5.97 Å². The maximum Gasteiger partial charge on any atom is 0.309 e. The Morgan fingerprint density at radius 2 is 2.31 bits per heavy atom. The lowest BCUT2D eigenvalue weighted by Crippen LogP contribution is -2.20. The van der Waals surface area contributed by atoms with Gasteiger partial charge in [0.2, 0.25) is 0 Å². The number of carbonyl (C=O) groups excluding carboxylic acids is 1. The van der Waals surface area contributed by atoms with E-state index in [1.54, 1.807) is 0 Å². The van der Waals surface area contributed by atoms with E-state index in [1.165, 1.54) is 12.7 Å². The van der Waals surface area contributed by atoms with Crippen molar-refractivity contribution < 1.29 is 9.53 Å². The first-order chi connectivity index (χ1) is 7.63. The van der Waals surface area contributed by atoms with E-state index in [-0.39, 0.29) is 11.9 Å². The molecule has 88 valence electrons. The minimum atomic E-state index is -0.0488. The lowest BCUT2D eigenvalue weighted by Gasteiger charge is -2.14. The molecule has 0 N–H and O–H groups in total. The van der Waals surface area contributed by atoms with Crippen LogP contribution in [0.15, 0.2) is 23.8 Å². The van der Waals surface area contributed by atoms with Crippen molar-refractivity contribution in [2.24, 2.45) is 23.7 Å². The fourth-order valence-electron chi connectivity index (χ4n) is 2.78. The summed E-state index contributed by atoms with van der Waals surface area (Å²) in [5.41, 5.74) is 1.45. The van der Waals surface area contributed by atoms with Crippen LogP contribution in [0.5, 0.6) is 0 Å². The van der Waals surface area contributed by atoms with E-state index in [0.717, 1.165) is 12.8 Å². The van der Waals surface area contributed by atoms with Crippen LogP contribution in [0.3, 0.4) is 0 Å². The lowest BCUT2D eigenvalue weighted by molar-refractivity contribution is -0.146. The van der Waals surface area contributed by atoms with Crippen LogP contribution in [-0.4, -0.2) is 13.1 Å². The number of methoxy groups -OCH3 is 1. The minimum Gasteiger partial charge on any atom is -0.469 e. The molecular formula is C14H20O2. The van der Waals surface area contributed by atoms with Gasteiger partial charge in [0, 0.05) is 5.92 Å². The van der Waals surface area contributed by atoms with Crippen molar-refractivity contribution in [3.63, 3.8) is 0 Å². The molecular weight excluding hydrogens is 200 g/mol. The molecule has 0 aliphatic heterocycles. The number of fused-ring (bicyclic) bond motifs is 2. The zero-order valence-corrected chi connectivity index (χ0v) is 10.3. The molecule has 1 saturated carbocycles.